The van der Waals surface area contributed by atoms with E-state index in [-0.39, 0.29) is 10.8 Å². The van der Waals surface area contributed by atoms with Gasteiger partial charge in [-0.05, 0) is 49.7 Å². The Morgan fingerprint density at radius 3 is 2.71 bits per heavy atom. The molecule has 0 bridgehead atoms. The maximum atomic E-state index is 13.2. The number of carbonyl (C=O) groups is 1. The summed E-state index contributed by atoms with van der Waals surface area (Å²) in [5.74, 6) is 0.428. The van der Waals surface area contributed by atoms with Gasteiger partial charge in [0.25, 0.3) is 0 Å². The predicted molar refractivity (Wildman–Crippen MR) is 113 cm³/mol. The van der Waals surface area contributed by atoms with Crippen molar-refractivity contribution in [2.24, 2.45) is 15.4 Å². The molecule has 0 saturated heterocycles. The van der Waals surface area contributed by atoms with Gasteiger partial charge in [0.1, 0.15) is 4.90 Å². The molecule has 3 heterocycles. The Morgan fingerprint density at radius 1 is 1.32 bits per heavy atom. The van der Waals surface area contributed by atoms with Gasteiger partial charge < -0.3 is 14.8 Å². The van der Waals surface area contributed by atoms with E-state index in [0.29, 0.717) is 25.6 Å². The fourth-order valence-electron chi connectivity index (χ4n) is 4.70. The van der Waals surface area contributed by atoms with E-state index in [2.05, 4.69) is 14.8 Å². The summed E-state index contributed by atoms with van der Waals surface area (Å²) >= 11 is 0. The fraction of sp³-hybridized carbons (Fsp3) is 0.550. The molecule has 31 heavy (non-hydrogen) atoms. The molecule has 2 aromatic rings. The molecule has 3 N–H and O–H groups in total. The maximum Gasteiger partial charge on any atom is 0.354 e. The zero-order valence-corrected chi connectivity index (χ0v) is 18.2. The first-order chi connectivity index (χ1) is 15.0. The molecule has 2 amide bonds. The summed E-state index contributed by atoms with van der Waals surface area (Å²) in [5.41, 5.74) is 5.03. The van der Waals surface area contributed by atoms with E-state index in [9.17, 15) is 9.00 Å². The molecule has 11 heteroatoms. The number of rotatable bonds is 4. The first-order valence-electron chi connectivity index (χ1n) is 10.5. The van der Waals surface area contributed by atoms with Gasteiger partial charge in [-0.2, -0.15) is 5.10 Å². The molecule has 166 valence electrons. The summed E-state index contributed by atoms with van der Waals surface area (Å²) in [6.07, 6.45) is 6.98. The third-order valence-corrected chi connectivity index (χ3v) is 7.41. The van der Waals surface area contributed by atoms with Gasteiger partial charge >= 0.3 is 6.03 Å². The number of anilines is 1. The smallest absolute Gasteiger partial charge is 0.354 e. The minimum Gasteiger partial charge on any atom is -0.476 e. The summed E-state index contributed by atoms with van der Waals surface area (Å²) in [6, 6.07) is -0.727. The van der Waals surface area contributed by atoms with Crippen molar-refractivity contribution >= 4 is 21.6 Å². The van der Waals surface area contributed by atoms with Crippen molar-refractivity contribution in [2.75, 3.05) is 25.6 Å². The number of nitrogens with one attached hydrogen (secondary N) is 1. The highest BCUT2D eigenvalue weighted by Gasteiger charge is 2.29. The number of hydrogen-bond donors (Lipinski definition) is 2. The molecule has 2 aliphatic carbocycles. The molecule has 0 aromatic carbocycles. The molecular formula is C20H26N6O4S. The molecule has 0 radical (unpaired) electrons. The van der Waals surface area contributed by atoms with Gasteiger partial charge in [-0.25, -0.2) is 18.8 Å². The highest BCUT2D eigenvalue weighted by Crippen LogP contribution is 2.37. The summed E-state index contributed by atoms with van der Waals surface area (Å²) in [6.45, 7) is 1.48. The molecule has 10 nitrogen and oxygen atoms in total. The van der Waals surface area contributed by atoms with Crippen molar-refractivity contribution in [3.05, 3.63) is 28.7 Å². The van der Waals surface area contributed by atoms with E-state index in [4.69, 9.17) is 19.6 Å². The number of nitrogens with zero attached hydrogens (tertiary/aromatic N) is 4. The second-order valence-corrected chi connectivity index (χ2v) is 10.0. The van der Waals surface area contributed by atoms with Crippen molar-refractivity contribution < 1.29 is 18.5 Å². The first kappa shape index (κ1) is 20.4. The molecule has 3 aliphatic rings. The van der Waals surface area contributed by atoms with Crippen LogP contribution in [0.3, 0.4) is 0 Å². The number of carbonyl (C=O) groups excluding carboxylic acids is 1. The fourth-order valence-corrected chi connectivity index (χ4v) is 5.71. The monoisotopic (exact) mass is 446 g/mol. The van der Waals surface area contributed by atoms with E-state index in [0.717, 1.165) is 66.7 Å². The quantitative estimate of drug-likeness (QED) is 0.736. The second-order valence-electron chi connectivity index (χ2n) is 8.26. The molecule has 2 unspecified atom stereocenters. The van der Waals surface area contributed by atoms with Crippen LogP contribution in [0.1, 0.15) is 35.4 Å². The Hall–Kier alpha value is -2.50. The van der Waals surface area contributed by atoms with Crippen molar-refractivity contribution in [2.45, 2.75) is 50.0 Å². The molecular weight excluding hydrogens is 420 g/mol. The van der Waals surface area contributed by atoms with Crippen molar-refractivity contribution in [1.82, 2.24) is 14.8 Å². The minimum absolute atomic E-state index is 0.128. The van der Waals surface area contributed by atoms with Gasteiger partial charge in [-0.1, -0.05) is 0 Å². The van der Waals surface area contributed by atoms with Crippen molar-refractivity contribution in [1.29, 1.82) is 0 Å². The largest absolute Gasteiger partial charge is 0.476 e. The number of aryl methyl sites for hydroxylation is 2. The van der Waals surface area contributed by atoms with Crippen LogP contribution in [0.25, 0.3) is 0 Å². The van der Waals surface area contributed by atoms with Crippen LogP contribution in [-0.2, 0) is 46.9 Å². The van der Waals surface area contributed by atoms with Crippen LogP contribution < -0.4 is 15.2 Å². The van der Waals surface area contributed by atoms with Crippen LogP contribution in [-0.4, -0.2) is 45.3 Å². The Morgan fingerprint density at radius 2 is 2.03 bits per heavy atom. The SMILES string of the molecule is COCC1COc2c(S(N)(=O)=NC(=O)Nc3c4c(nc5c3CCC5)CCC4)cnn2C1. The van der Waals surface area contributed by atoms with Crippen molar-refractivity contribution in [3.8, 4) is 5.88 Å². The minimum atomic E-state index is -3.53. The van der Waals surface area contributed by atoms with Gasteiger partial charge in [-0.3, -0.25) is 4.98 Å². The highest BCUT2D eigenvalue weighted by molar-refractivity contribution is 7.91. The average molecular weight is 447 g/mol. The Bertz CT molecular complexity index is 1130. The van der Waals surface area contributed by atoms with E-state index in [1.807, 2.05) is 0 Å². The number of amides is 2. The molecule has 2 atom stereocenters. The summed E-state index contributed by atoms with van der Waals surface area (Å²) in [5, 5.41) is 13.1. The number of aromatic nitrogens is 3. The molecule has 0 fully saturated rings. The third-order valence-electron chi connectivity index (χ3n) is 6.07. The maximum absolute atomic E-state index is 13.2. The van der Waals surface area contributed by atoms with Crippen LogP contribution >= 0.6 is 0 Å². The standard InChI is InChI=1S/C20H26N6O4S/c1-29-10-12-9-26-19(30-11-12)17(8-22-26)31(21,28)25-20(27)24-18-13-4-2-6-15(13)23-16-7-3-5-14(16)18/h8,12H,2-7,9-11H2,1H3,(H3,21,23,24,25,27,28). The van der Waals surface area contributed by atoms with Gasteiger partial charge in [0.15, 0.2) is 9.92 Å². The molecule has 1 aliphatic heterocycles. The van der Waals surface area contributed by atoms with Gasteiger partial charge in [0, 0.05) is 24.4 Å². The summed E-state index contributed by atoms with van der Waals surface area (Å²) in [4.78, 5) is 17.7. The topological polar surface area (TPSA) is 134 Å². The summed E-state index contributed by atoms with van der Waals surface area (Å²) < 4.78 is 29.5. The number of pyridine rings is 1. The zero-order chi connectivity index (χ0) is 21.6. The Labute approximate surface area is 180 Å². The number of methoxy groups -OCH3 is 1. The number of hydrogen-bond acceptors (Lipinski definition) is 6. The van der Waals surface area contributed by atoms with Gasteiger partial charge in [-0.15, -0.1) is 4.36 Å². The molecule has 2 aromatic heterocycles. The van der Waals surface area contributed by atoms with Crippen LogP contribution in [0, 0.1) is 5.92 Å². The number of nitrogens with two attached hydrogens (primary N) is 1. The summed E-state index contributed by atoms with van der Waals surface area (Å²) in [7, 11) is -1.90. The average Bonchev–Trinajstić information content (AvgIpc) is 3.46. The van der Waals surface area contributed by atoms with E-state index in [1.54, 1.807) is 11.8 Å². The molecule has 0 spiro atoms. The molecule has 5 rings (SSSR count). The molecule has 0 saturated carbocycles. The van der Waals surface area contributed by atoms with Crippen LogP contribution in [0.15, 0.2) is 15.5 Å². The van der Waals surface area contributed by atoms with Gasteiger partial charge in [0.05, 0.1) is 31.6 Å². The van der Waals surface area contributed by atoms with Crippen LogP contribution in [0.5, 0.6) is 5.88 Å². The zero-order valence-electron chi connectivity index (χ0n) is 17.4. The van der Waals surface area contributed by atoms with Gasteiger partial charge in [0.2, 0.25) is 5.88 Å². The Kier molecular flexibility index (Phi) is 5.19. The Balaban J connectivity index is 1.42. The van der Waals surface area contributed by atoms with E-state index in [1.165, 1.54) is 6.20 Å². The lowest BCUT2D eigenvalue weighted by atomic mass is 10.1. The number of urea groups is 1. The lowest BCUT2D eigenvalue weighted by Gasteiger charge is -2.24. The lowest BCUT2D eigenvalue weighted by molar-refractivity contribution is 0.0780. The highest BCUT2D eigenvalue weighted by atomic mass is 32.2. The second kappa shape index (κ2) is 7.88. The van der Waals surface area contributed by atoms with Crippen LogP contribution in [0.4, 0.5) is 10.5 Å². The first-order valence-corrected chi connectivity index (χ1v) is 12.1. The van der Waals surface area contributed by atoms with Crippen LogP contribution in [0.2, 0.25) is 0 Å². The number of fused-ring (bicyclic) bond motifs is 3. The normalized spacial score (nSPS) is 20.9. The lowest BCUT2D eigenvalue weighted by Crippen LogP contribution is -2.29. The van der Waals surface area contributed by atoms with E-state index < -0.39 is 15.9 Å². The third kappa shape index (κ3) is 3.70. The van der Waals surface area contributed by atoms with E-state index >= 15 is 0 Å². The number of ether oxygens (including phenoxy) is 2. The predicted octanol–water partition coefficient (Wildman–Crippen LogP) is 1.84. The van der Waals surface area contributed by atoms with Crippen molar-refractivity contribution in [3.63, 3.8) is 0 Å².